The highest BCUT2D eigenvalue weighted by molar-refractivity contribution is 7.10. The Morgan fingerprint density at radius 1 is 1.23 bits per heavy atom. The van der Waals surface area contributed by atoms with E-state index in [1.807, 2.05) is 17.5 Å². The first-order valence-corrected chi connectivity index (χ1v) is 9.15. The van der Waals surface area contributed by atoms with Crippen LogP contribution in [0.2, 0.25) is 0 Å². The molecule has 2 heterocycles. The molecule has 0 aliphatic carbocycles. The van der Waals surface area contributed by atoms with Crippen LogP contribution in [-0.4, -0.2) is 21.7 Å². The molecule has 3 rings (SSSR count). The van der Waals surface area contributed by atoms with Gasteiger partial charge in [0, 0.05) is 16.8 Å². The first kappa shape index (κ1) is 18.3. The Balaban J connectivity index is 2.04. The van der Waals surface area contributed by atoms with E-state index >= 15 is 0 Å². The minimum Gasteiger partial charge on any atom is -0.503 e. The summed E-state index contributed by atoms with van der Waals surface area (Å²) in [5, 5.41) is 12.3. The van der Waals surface area contributed by atoms with E-state index in [9.17, 15) is 19.1 Å². The number of amides is 1. The molecule has 0 saturated carbocycles. The lowest BCUT2D eigenvalue weighted by Crippen LogP contribution is -2.32. The molecule has 2 aromatic rings. The van der Waals surface area contributed by atoms with Gasteiger partial charge in [-0.1, -0.05) is 39.0 Å². The van der Waals surface area contributed by atoms with Gasteiger partial charge < -0.3 is 10.0 Å². The number of carbonyl (C=O) groups excluding carboxylic acids is 2. The first-order chi connectivity index (χ1) is 12.2. The number of thiophene rings is 1. The predicted octanol–water partition coefficient (Wildman–Crippen LogP) is 4.40. The van der Waals surface area contributed by atoms with Crippen LogP contribution in [-0.2, 0) is 16.1 Å². The van der Waals surface area contributed by atoms with Gasteiger partial charge in [-0.15, -0.1) is 11.3 Å². The van der Waals surface area contributed by atoms with Gasteiger partial charge in [0.05, 0.1) is 11.6 Å². The van der Waals surface area contributed by atoms with E-state index in [1.165, 1.54) is 28.4 Å². The SMILES string of the molecule is CC(C)(C)C(=O)C1=C(O)C(=O)N(Cc2ccc(F)cc2)C1c1cccs1. The van der Waals surface area contributed by atoms with E-state index < -0.39 is 23.1 Å². The molecule has 1 atom stereocenters. The van der Waals surface area contributed by atoms with Crippen molar-refractivity contribution in [3.63, 3.8) is 0 Å². The van der Waals surface area contributed by atoms with Gasteiger partial charge in [0.25, 0.3) is 5.91 Å². The number of rotatable bonds is 4. The summed E-state index contributed by atoms with van der Waals surface area (Å²) >= 11 is 1.42. The van der Waals surface area contributed by atoms with Crippen LogP contribution in [0.1, 0.15) is 37.3 Å². The Morgan fingerprint density at radius 2 is 1.88 bits per heavy atom. The molecule has 1 aromatic carbocycles. The fourth-order valence-corrected chi connectivity index (χ4v) is 3.83. The van der Waals surface area contributed by atoms with Crippen LogP contribution in [0.15, 0.2) is 53.1 Å². The third-order valence-corrected chi connectivity index (χ3v) is 5.23. The number of benzene rings is 1. The fraction of sp³-hybridized carbons (Fsp3) is 0.300. The number of nitrogens with zero attached hydrogens (tertiary/aromatic N) is 1. The van der Waals surface area contributed by atoms with Crippen LogP contribution < -0.4 is 0 Å². The lowest BCUT2D eigenvalue weighted by atomic mass is 9.83. The van der Waals surface area contributed by atoms with Crippen LogP contribution >= 0.6 is 11.3 Å². The molecule has 1 aliphatic rings. The molecule has 1 amide bonds. The molecule has 26 heavy (non-hydrogen) atoms. The molecule has 4 nitrogen and oxygen atoms in total. The van der Waals surface area contributed by atoms with Crippen molar-refractivity contribution in [2.45, 2.75) is 33.4 Å². The van der Waals surface area contributed by atoms with Gasteiger partial charge in [0.2, 0.25) is 0 Å². The van der Waals surface area contributed by atoms with Gasteiger partial charge >= 0.3 is 0 Å². The number of aliphatic hydroxyl groups excluding tert-OH is 1. The van der Waals surface area contributed by atoms with Crippen molar-refractivity contribution in [2.75, 3.05) is 0 Å². The smallest absolute Gasteiger partial charge is 0.290 e. The number of hydrogen-bond donors (Lipinski definition) is 1. The fourth-order valence-electron chi connectivity index (χ4n) is 2.98. The summed E-state index contributed by atoms with van der Waals surface area (Å²) < 4.78 is 13.2. The Bertz CT molecular complexity index is 863. The number of carbonyl (C=O) groups is 2. The summed E-state index contributed by atoms with van der Waals surface area (Å²) in [5.41, 5.74) is 0.121. The minimum atomic E-state index is -0.731. The van der Waals surface area contributed by atoms with Crippen LogP contribution in [0.3, 0.4) is 0 Å². The van der Waals surface area contributed by atoms with Crippen LogP contribution in [0.5, 0.6) is 0 Å². The van der Waals surface area contributed by atoms with Crippen molar-refractivity contribution < 1.29 is 19.1 Å². The normalized spacial score (nSPS) is 17.9. The molecule has 1 aromatic heterocycles. The topological polar surface area (TPSA) is 57.6 Å². The molecule has 0 radical (unpaired) electrons. The van der Waals surface area contributed by atoms with Crippen molar-refractivity contribution in [1.82, 2.24) is 4.90 Å². The highest BCUT2D eigenvalue weighted by Gasteiger charge is 2.46. The largest absolute Gasteiger partial charge is 0.503 e. The van der Waals surface area contributed by atoms with Gasteiger partial charge in [0.15, 0.2) is 11.5 Å². The maximum absolute atomic E-state index is 13.2. The molecule has 0 fully saturated rings. The predicted molar refractivity (Wildman–Crippen MR) is 98.1 cm³/mol. The van der Waals surface area contributed by atoms with Gasteiger partial charge in [-0.3, -0.25) is 9.59 Å². The number of aliphatic hydroxyl groups is 1. The third kappa shape index (κ3) is 3.29. The molecular weight excluding hydrogens is 353 g/mol. The molecule has 1 unspecified atom stereocenters. The molecular formula is C20H20FNO3S. The minimum absolute atomic E-state index is 0.132. The van der Waals surface area contributed by atoms with Crippen LogP contribution in [0, 0.1) is 11.2 Å². The van der Waals surface area contributed by atoms with Crippen molar-refractivity contribution in [2.24, 2.45) is 5.41 Å². The van der Waals surface area contributed by atoms with E-state index in [0.717, 1.165) is 10.4 Å². The summed E-state index contributed by atoms with van der Waals surface area (Å²) in [6.45, 7) is 5.45. The molecule has 1 N–H and O–H groups in total. The Kier molecular flexibility index (Phi) is 4.71. The summed E-state index contributed by atoms with van der Waals surface area (Å²) in [6, 6.07) is 8.88. The van der Waals surface area contributed by atoms with Crippen LogP contribution in [0.4, 0.5) is 4.39 Å². The molecule has 6 heteroatoms. The van der Waals surface area contributed by atoms with E-state index in [4.69, 9.17) is 0 Å². The molecule has 136 valence electrons. The van der Waals surface area contributed by atoms with E-state index in [0.29, 0.717) is 0 Å². The van der Waals surface area contributed by atoms with Crippen molar-refractivity contribution in [3.8, 4) is 0 Å². The number of ketones is 1. The zero-order valence-electron chi connectivity index (χ0n) is 14.8. The van der Waals surface area contributed by atoms with Crippen molar-refractivity contribution in [1.29, 1.82) is 0 Å². The molecule has 1 aliphatic heterocycles. The van der Waals surface area contributed by atoms with E-state index in [1.54, 1.807) is 32.9 Å². The quantitative estimate of drug-likeness (QED) is 0.864. The second-order valence-electron chi connectivity index (χ2n) is 7.32. The molecule has 0 saturated heterocycles. The summed E-state index contributed by atoms with van der Waals surface area (Å²) in [4.78, 5) is 27.9. The summed E-state index contributed by atoms with van der Waals surface area (Å²) in [7, 11) is 0. The maximum atomic E-state index is 13.2. The third-order valence-electron chi connectivity index (χ3n) is 4.31. The second-order valence-corrected chi connectivity index (χ2v) is 8.30. The monoisotopic (exact) mass is 373 g/mol. The summed E-state index contributed by atoms with van der Waals surface area (Å²) in [6.07, 6.45) is 0. The van der Waals surface area contributed by atoms with Gasteiger partial charge in [-0.05, 0) is 29.1 Å². The second kappa shape index (κ2) is 6.68. The van der Waals surface area contributed by atoms with E-state index in [2.05, 4.69) is 0 Å². The van der Waals surface area contributed by atoms with Crippen molar-refractivity contribution >= 4 is 23.0 Å². The lowest BCUT2D eigenvalue weighted by Gasteiger charge is -2.28. The average molecular weight is 373 g/mol. The highest BCUT2D eigenvalue weighted by Crippen LogP contribution is 2.43. The average Bonchev–Trinajstić information content (AvgIpc) is 3.18. The van der Waals surface area contributed by atoms with Gasteiger partial charge in [-0.2, -0.15) is 0 Å². The zero-order chi connectivity index (χ0) is 19.1. The van der Waals surface area contributed by atoms with E-state index in [-0.39, 0.29) is 23.7 Å². The number of Topliss-reactive ketones (excluding diaryl/α,β-unsaturated/α-hetero) is 1. The Labute approximate surface area is 155 Å². The van der Waals surface area contributed by atoms with Crippen molar-refractivity contribution in [3.05, 3.63) is 69.4 Å². The number of hydrogen-bond acceptors (Lipinski definition) is 4. The summed E-state index contributed by atoms with van der Waals surface area (Å²) in [5.74, 6) is -1.70. The standard InChI is InChI=1S/C20H20FNO3S/c1-20(2,3)18(24)15-16(14-5-4-10-26-14)22(19(25)17(15)23)11-12-6-8-13(21)9-7-12/h4-10,16,23H,11H2,1-3H3. The van der Waals surface area contributed by atoms with Gasteiger partial charge in [-0.25, -0.2) is 4.39 Å². The Morgan fingerprint density at radius 3 is 2.42 bits per heavy atom. The molecule has 0 spiro atoms. The first-order valence-electron chi connectivity index (χ1n) is 8.27. The zero-order valence-corrected chi connectivity index (χ0v) is 15.6. The maximum Gasteiger partial charge on any atom is 0.290 e. The highest BCUT2D eigenvalue weighted by atomic mass is 32.1. The Hall–Kier alpha value is -2.47. The number of halogens is 1. The lowest BCUT2D eigenvalue weighted by molar-refractivity contribution is -0.130. The van der Waals surface area contributed by atoms with Crippen LogP contribution in [0.25, 0.3) is 0 Å². The molecule has 0 bridgehead atoms. The van der Waals surface area contributed by atoms with Gasteiger partial charge in [0.1, 0.15) is 5.82 Å².